The fourth-order valence-corrected chi connectivity index (χ4v) is 1.59. The Kier molecular flexibility index (Phi) is 7.31. The Hall–Kier alpha value is -1.18. The number of nitrogens with one attached hydrogen (secondary N) is 1. The highest BCUT2D eigenvalue weighted by molar-refractivity contribution is 7.98. The zero-order chi connectivity index (χ0) is 13.2. The third kappa shape index (κ3) is 4.99. The molecule has 1 aromatic heterocycles. The quantitative estimate of drug-likeness (QED) is 0.298. The van der Waals surface area contributed by atoms with E-state index in [-0.39, 0.29) is 6.61 Å². The van der Waals surface area contributed by atoms with Gasteiger partial charge in [-0.3, -0.25) is 4.79 Å². The molecule has 0 fully saturated rings. The van der Waals surface area contributed by atoms with Crippen molar-refractivity contribution >= 4 is 23.9 Å². The average molecular weight is 271 g/mol. The van der Waals surface area contributed by atoms with Crippen LogP contribution in [0, 0.1) is 0 Å². The van der Waals surface area contributed by atoms with Crippen molar-refractivity contribution in [2.24, 2.45) is 0 Å². The molecule has 0 aliphatic carbocycles. The average Bonchev–Trinajstić information content (AvgIpc) is 2.42. The van der Waals surface area contributed by atoms with Crippen LogP contribution < -0.4 is 5.32 Å². The molecule has 0 spiro atoms. The number of carbonyl (C=O) groups is 1. The third-order valence-electron chi connectivity index (χ3n) is 2.10. The second-order valence-electron chi connectivity index (χ2n) is 3.39. The molecule has 0 atom stereocenters. The van der Waals surface area contributed by atoms with Gasteiger partial charge in [0.05, 0.1) is 18.8 Å². The van der Waals surface area contributed by atoms with E-state index >= 15 is 0 Å². The van der Waals surface area contributed by atoms with E-state index in [2.05, 4.69) is 15.3 Å². The Morgan fingerprint density at radius 1 is 1.56 bits per heavy atom. The van der Waals surface area contributed by atoms with Crippen molar-refractivity contribution in [3.05, 3.63) is 11.8 Å². The van der Waals surface area contributed by atoms with E-state index < -0.39 is 0 Å². The van der Waals surface area contributed by atoms with Crippen molar-refractivity contribution < 1.29 is 14.6 Å². The standard InChI is InChI=1S/C11H17N3O3S/c1-18-11-13-7-9(8-16)10(14-11)12-3-2-5-17-6-4-15/h7-8,15H,2-6H2,1H3,(H,12,13,14). The van der Waals surface area contributed by atoms with Gasteiger partial charge in [-0.1, -0.05) is 11.8 Å². The molecule has 0 radical (unpaired) electrons. The highest BCUT2D eigenvalue weighted by atomic mass is 32.2. The van der Waals surface area contributed by atoms with Crippen LogP contribution in [0.1, 0.15) is 16.8 Å². The third-order valence-corrected chi connectivity index (χ3v) is 2.66. The molecule has 0 saturated heterocycles. The SMILES string of the molecule is CSc1ncc(C=O)c(NCCCOCCO)n1. The maximum atomic E-state index is 10.8. The van der Waals surface area contributed by atoms with Crippen molar-refractivity contribution in [3.8, 4) is 0 Å². The zero-order valence-corrected chi connectivity index (χ0v) is 11.1. The first-order chi connectivity index (χ1) is 8.81. The molecule has 1 rings (SSSR count). The molecule has 0 amide bonds. The summed E-state index contributed by atoms with van der Waals surface area (Å²) in [6, 6.07) is 0. The minimum absolute atomic E-state index is 0.0334. The van der Waals surface area contributed by atoms with Crippen LogP contribution in [0.3, 0.4) is 0 Å². The van der Waals surface area contributed by atoms with Crippen molar-refractivity contribution in [2.75, 3.05) is 37.9 Å². The minimum atomic E-state index is 0.0334. The smallest absolute Gasteiger partial charge is 0.189 e. The van der Waals surface area contributed by atoms with E-state index in [1.165, 1.54) is 18.0 Å². The van der Waals surface area contributed by atoms with Crippen LogP contribution >= 0.6 is 11.8 Å². The predicted octanol–water partition coefficient (Wildman–Crippen LogP) is 0.822. The topological polar surface area (TPSA) is 84.3 Å². The summed E-state index contributed by atoms with van der Waals surface area (Å²) in [5.74, 6) is 0.548. The minimum Gasteiger partial charge on any atom is -0.394 e. The summed E-state index contributed by atoms with van der Waals surface area (Å²) in [6.07, 6.45) is 4.89. The number of anilines is 1. The molecule has 2 N–H and O–H groups in total. The summed E-state index contributed by atoms with van der Waals surface area (Å²) < 4.78 is 5.13. The van der Waals surface area contributed by atoms with Crippen LogP contribution in [-0.2, 0) is 4.74 Å². The molecule has 0 unspecified atom stereocenters. The van der Waals surface area contributed by atoms with E-state index in [9.17, 15) is 4.79 Å². The molecule has 0 bridgehead atoms. The van der Waals surface area contributed by atoms with Gasteiger partial charge in [-0.15, -0.1) is 0 Å². The van der Waals surface area contributed by atoms with E-state index in [1.807, 2.05) is 6.26 Å². The highest BCUT2D eigenvalue weighted by Crippen LogP contribution is 2.14. The van der Waals surface area contributed by atoms with Gasteiger partial charge < -0.3 is 15.2 Å². The first-order valence-corrected chi connectivity index (χ1v) is 6.83. The summed E-state index contributed by atoms with van der Waals surface area (Å²) in [4.78, 5) is 19.1. The summed E-state index contributed by atoms with van der Waals surface area (Å²) >= 11 is 1.42. The Morgan fingerprint density at radius 2 is 2.39 bits per heavy atom. The maximum Gasteiger partial charge on any atom is 0.189 e. The van der Waals surface area contributed by atoms with Gasteiger partial charge in [0.2, 0.25) is 0 Å². The van der Waals surface area contributed by atoms with Gasteiger partial charge >= 0.3 is 0 Å². The van der Waals surface area contributed by atoms with Gasteiger partial charge in [0.1, 0.15) is 5.82 Å². The molecular weight excluding hydrogens is 254 g/mol. The lowest BCUT2D eigenvalue weighted by Gasteiger charge is -2.08. The van der Waals surface area contributed by atoms with Gasteiger partial charge in [0.25, 0.3) is 0 Å². The predicted molar refractivity (Wildman–Crippen MR) is 70.2 cm³/mol. The largest absolute Gasteiger partial charge is 0.394 e. The van der Waals surface area contributed by atoms with Crippen molar-refractivity contribution in [1.29, 1.82) is 0 Å². The van der Waals surface area contributed by atoms with Crippen LogP contribution in [-0.4, -0.2) is 54.0 Å². The normalized spacial score (nSPS) is 10.3. The van der Waals surface area contributed by atoms with Gasteiger partial charge in [0.15, 0.2) is 11.4 Å². The Labute approximate surface area is 110 Å². The molecule has 18 heavy (non-hydrogen) atoms. The Morgan fingerprint density at radius 3 is 3.06 bits per heavy atom. The molecule has 7 heteroatoms. The van der Waals surface area contributed by atoms with Crippen LogP contribution in [0.25, 0.3) is 0 Å². The number of rotatable bonds is 9. The number of thioether (sulfide) groups is 1. The second kappa shape index (κ2) is 8.84. The molecule has 100 valence electrons. The lowest BCUT2D eigenvalue weighted by atomic mass is 10.3. The van der Waals surface area contributed by atoms with E-state index in [0.717, 1.165) is 12.7 Å². The van der Waals surface area contributed by atoms with Gasteiger partial charge in [-0.05, 0) is 12.7 Å². The fraction of sp³-hybridized carbons (Fsp3) is 0.545. The number of aromatic nitrogens is 2. The molecule has 1 heterocycles. The van der Waals surface area contributed by atoms with Crippen molar-refractivity contribution in [3.63, 3.8) is 0 Å². The van der Waals surface area contributed by atoms with Crippen LogP contribution in [0.4, 0.5) is 5.82 Å². The van der Waals surface area contributed by atoms with Crippen LogP contribution in [0.15, 0.2) is 11.4 Å². The first kappa shape index (κ1) is 14.9. The number of aliphatic hydroxyl groups is 1. The van der Waals surface area contributed by atoms with E-state index in [4.69, 9.17) is 9.84 Å². The van der Waals surface area contributed by atoms with Gasteiger partial charge in [-0.25, -0.2) is 9.97 Å². The van der Waals surface area contributed by atoms with Crippen molar-refractivity contribution in [2.45, 2.75) is 11.6 Å². The first-order valence-electron chi connectivity index (χ1n) is 5.60. The summed E-state index contributed by atoms with van der Waals surface area (Å²) in [5, 5.41) is 12.2. The zero-order valence-electron chi connectivity index (χ0n) is 10.3. The number of hydrogen-bond donors (Lipinski definition) is 2. The molecule has 0 saturated carbocycles. The second-order valence-corrected chi connectivity index (χ2v) is 4.17. The lowest BCUT2D eigenvalue weighted by Crippen LogP contribution is -2.10. The number of ether oxygens (including phenoxy) is 1. The molecule has 0 aliphatic rings. The van der Waals surface area contributed by atoms with E-state index in [0.29, 0.717) is 36.3 Å². The highest BCUT2D eigenvalue weighted by Gasteiger charge is 2.05. The monoisotopic (exact) mass is 271 g/mol. The number of hydrogen-bond acceptors (Lipinski definition) is 7. The molecule has 0 aliphatic heterocycles. The number of nitrogens with zero attached hydrogens (tertiary/aromatic N) is 2. The van der Waals surface area contributed by atoms with Crippen molar-refractivity contribution in [1.82, 2.24) is 9.97 Å². The van der Waals surface area contributed by atoms with Gasteiger partial charge in [-0.2, -0.15) is 0 Å². The summed E-state index contributed by atoms with van der Waals surface area (Å²) in [6.45, 7) is 1.59. The Bertz CT molecular complexity index is 377. The lowest BCUT2D eigenvalue weighted by molar-refractivity contribution is 0.0922. The maximum absolute atomic E-state index is 10.8. The summed E-state index contributed by atoms with van der Waals surface area (Å²) in [7, 11) is 0. The molecule has 1 aromatic rings. The Balaban J connectivity index is 2.42. The number of aldehydes is 1. The number of carbonyl (C=O) groups excluding carboxylic acids is 1. The van der Waals surface area contributed by atoms with Crippen LogP contribution in [0.5, 0.6) is 0 Å². The fourth-order valence-electron chi connectivity index (χ4n) is 1.25. The van der Waals surface area contributed by atoms with Gasteiger partial charge in [0, 0.05) is 19.3 Å². The van der Waals surface area contributed by atoms with E-state index in [1.54, 1.807) is 0 Å². The molecular formula is C11H17N3O3S. The number of aliphatic hydroxyl groups excluding tert-OH is 1. The molecule has 6 nitrogen and oxygen atoms in total. The summed E-state index contributed by atoms with van der Waals surface area (Å²) in [5.41, 5.74) is 0.448. The van der Waals surface area contributed by atoms with Crippen LogP contribution in [0.2, 0.25) is 0 Å². The molecule has 0 aromatic carbocycles.